The zero-order valence-electron chi connectivity index (χ0n) is 27.8. The van der Waals surface area contributed by atoms with Gasteiger partial charge in [0.1, 0.15) is 23.8 Å². The average Bonchev–Trinajstić information content (AvgIpc) is 3.63. The fraction of sp³-hybridized carbons (Fsp3) is 0.706. The minimum Gasteiger partial charge on any atom is -0.344 e. The average molecular weight is 639 g/mol. The molecule has 0 aromatic carbocycles. The van der Waals surface area contributed by atoms with Crippen LogP contribution in [-0.4, -0.2) is 80.8 Å². The van der Waals surface area contributed by atoms with Crippen LogP contribution in [0.4, 0.5) is 0 Å². The van der Waals surface area contributed by atoms with Crippen molar-refractivity contribution in [2.45, 2.75) is 123 Å². The van der Waals surface area contributed by atoms with E-state index in [0.29, 0.717) is 19.4 Å². The van der Waals surface area contributed by atoms with Crippen molar-refractivity contribution in [3.63, 3.8) is 0 Å². The maximum absolute atomic E-state index is 14.5. The predicted molar refractivity (Wildman–Crippen MR) is 170 cm³/mol. The van der Waals surface area contributed by atoms with E-state index in [1.54, 1.807) is 4.90 Å². The Bertz CT molecular complexity index is 1290. The SMILES string of the molecule is CCCC(NC(=O)C1C2CCCC2CN1C(=O)C(NC(=O)C(NC(=O)c1cnccn1)C1CCCCC1)C(C)(C)C)C(=O)C(C)=O. The van der Waals surface area contributed by atoms with Gasteiger partial charge in [-0.15, -0.1) is 0 Å². The molecule has 46 heavy (non-hydrogen) atoms. The molecule has 4 amide bonds. The van der Waals surface area contributed by atoms with Gasteiger partial charge in [0.25, 0.3) is 5.91 Å². The number of hydrogen-bond acceptors (Lipinski definition) is 8. The summed E-state index contributed by atoms with van der Waals surface area (Å²) in [6.07, 6.45) is 12.2. The Morgan fingerprint density at radius 2 is 1.65 bits per heavy atom. The molecule has 0 bridgehead atoms. The number of rotatable bonds is 12. The number of nitrogens with one attached hydrogen (secondary N) is 3. The van der Waals surface area contributed by atoms with E-state index in [4.69, 9.17) is 0 Å². The molecular weight excluding hydrogens is 588 g/mol. The monoisotopic (exact) mass is 638 g/mol. The van der Waals surface area contributed by atoms with E-state index in [-0.39, 0.29) is 29.4 Å². The van der Waals surface area contributed by atoms with E-state index in [2.05, 4.69) is 25.9 Å². The highest BCUT2D eigenvalue weighted by atomic mass is 16.2. The summed E-state index contributed by atoms with van der Waals surface area (Å²) in [5.74, 6) is -3.09. The fourth-order valence-electron chi connectivity index (χ4n) is 7.47. The molecule has 4 rings (SSSR count). The van der Waals surface area contributed by atoms with Gasteiger partial charge in [-0.05, 0) is 55.3 Å². The van der Waals surface area contributed by atoms with Gasteiger partial charge < -0.3 is 20.9 Å². The molecule has 2 saturated carbocycles. The number of hydrogen-bond donors (Lipinski definition) is 3. The Morgan fingerprint density at radius 3 is 2.26 bits per heavy atom. The molecule has 12 nitrogen and oxygen atoms in total. The summed E-state index contributed by atoms with van der Waals surface area (Å²) < 4.78 is 0. The van der Waals surface area contributed by atoms with Crippen LogP contribution in [0.15, 0.2) is 18.6 Å². The van der Waals surface area contributed by atoms with E-state index in [1.807, 2.05) is 27.7 Å². The van der Waals surface area contributed by atoms with Gasteiger partial charge in [-0.2, -0.15) is 0 Å². The minimum atomic E-state index is -0.987. The number of fused-ring (bicyclic) bond motifs is 1. The Kier molecular flexibility index (Phi) is 11.7. The molecule has 6 unspecified atom stereocenters. The minimum absolute atomic E-state index is 0.0729. The van der Waals surface area contributed by atoms with Crippen molar-refractivity contribution >= 4 is 35.2 Å². The van der Waals surface area contributed by atoms with Gasteiger partial charge >= 0.3 is 0 Å². The third-order valence-corrected chi connectivity index (χ3v) is 9.89. The second-order valence-electron chi connectivity index (χ2n) is 14.3. The summed E-state index contributed by atoms with van der Waals surface area (Å²) in [5, 5.41) is 8.68. The van der Waals surface area contributed by atoms with Gasteiger partial charge in [0.05, 0.1) is 12.2 Å². The Morgan fingerprint density at radius 1 is 0.935 bits per heavy atom. The molecule has 252 valence electrons. The van der Waals surface area contributed by atoms with Crippen LogP contribution in [0, 0.1) is 23.2 Å². The molecule has 3 fully saturated rings. The molecule has 2 aliphatic carbocycles. The van der Waals surface area contributed by atoms with Crippen molar-refractivity contribution < 1.29 is 28.8 Å². The largest absolute Gasteiger partial charge is 0.344 e. The number of Topliss-reactive ketones (excluding diaryl/α,β-unsaturated/α-hetero) is 2. The lowest BCUT2D eigenvalue weighted by Gasteiger charge is -2.38. The van der Waals surface area contributed by atoms with Gasteiger partial charge in [0, 0.05) is 25.9 Å². The maximum atomic E-state index is 14.5. The first-order valence-corrected chi connectivity index (χ1v) is 16.9. The van der Waals surface area contributed by atoms with E-state index >= 15 is 0 Å². The molecule has 1 aromatic heterocycles. The van der Waals surface area contributed by atoms with Gasteiger partial charge in [0.15, 0.2) is 5.78 Å². The summed E-state index contributed by atoms with van der Waals surface area (Å²) in [6, 6.07) is -3.62. The second-order valence-corrected chi connectivity index (χ2v) is 14.3. The quantitative estimate of drug-likeness (QED) is 0.294. The number of likely N-dealkylation sites (tertiary alicyclic amines) is 1. The van der Waals surface area contributed by atoms with Gasteiger partial charge in [0.2, 0.25) is 23.5 Å². The summed E-state index contributed by atoms with van der Waals surface area (Å²) in [7, 11) is 0. The molecule has 2 heterocycles. The second kappa shape index (κ2) is 15.3. The lowest BCUT2D eigenvalue weighted by atomic mass is 9.82. The van der Waals surface area contributed by atoms with Crippen molar-refractivity contribution in [1.29, 1.82) is 0 Å². The van der Waals surface area contributed by atoms with Crippen LogP contribution in [0.5, 0.6) is 0 Å². The van der Waals surface area contributed by atoms with Crippen molar-refractivity contribution in [1.82, 2.24) is 30.8 Å². The van der Waals surface area contributed by atoms with Crippen molar-refractivity contribution in [2.75, 3.05) is 6.54 Å². The molecule has 6 atom stereocenters. The molecule has 3 aliphatic rings. The molecule has 0 spiro atoms. The number of amides is 4. The summed E-state index contributed by atoms with van der Waals surface area (Å²) in [6.45, 7) is 9.02. The number of carbonyl (C=O) groups is 6. The van der Waals surface area contributed by atoms with Crippen LogP contribution in [0.25, 0.3) is 0 Å². The highest BCUT2D eigenvalue weighted by Gasteiger charge is 2.52. The predicted octanol–water partition coefficient (Wildman–Crippen LogP) is 2.76. The van der Waals surface area contributed by atoms with E-state index < -0.39 is 58.9 Å². The topological polar surface area (TPSA) is 168 Å². The standard InChI is InChI=1S/C34H50N6O6/c1-6-11-24(28(42)20(2)41)37-32(45)27-23-15-10-14-22(23)19-40(27)33(46)29(34(3,4)5)39-31(44)26(21-12-8-7-9-13-21)38-30(43)25-18-35-16-17-36-25/h16-18,21-24,26-27,29H,6-15,19H2,1-5H3,(H,37,45)(H,38,43)(H,39,44). The molecule has 0 radical (unpaired) electrons. The van der Waals surface area contributed by atoms with Crippen molar-refractivity contribution in [3.8, 4) is 0 Å². The molecule has 1 aromatic rings. The highest BCUT2D eigenvalue weighted by molar-refractivity contribution is 6.38. The van der Waals surface area contributed by atoms with Crippen LogP contribution in [-0.2, 0) is 24.0 Å². The van der Waals surface area contributed by atoms with Crippen LogP contribution >= 0.6 is 0 Å². The number of ketones is 2. The first kappa shape index (κ1) is 35.2. The fourth-order valence-corrected chi connectivity index (χ4v) is 7.47. The first-order valence-electron chi connectivity index (χ1n) is 16.9. The third-order valence-electron chi connectivity index (χ3n) is 9.89. The van der Waals surface area contributed by atoms with Crippen LogP contribution < -0.4 is 16.0 Å². The smallest absolute Gasteiger partial charge is 0.272 e. The lowest BCUT2D eigenvalue weighted by Crippen LogP contribution is -2.62. The van der Waals surface area contributed by atoms with E-state index in [9.17, 15) is 28.8 Å². The van der Waals surface area contributed by atoms with Gasteiger partial charge in [-0.3, -0.25) is 33.8 Å². The van der Waals surface area contributed by atoms with Crippen LogP contribution in [0.3, 0.4) is 0 Å². The third kappa shape index (κ3) is 8.17. The number of nitrogens with zero attached hydrogens (tertiary/aromatic N) is 3. The summed E-state index contributed by atoms with van der Waals surface area (Å²) in [5.41, 5.74) is -0.631. The van der Waals surface area contributed by atoms with Crippen molar-refractivity contribution in [3.05, 3.63) is 24.3 Å². The normalized spacial score (nSPS) is 23.5. The van der Waals surface area contributed by atoms with Gasteiger partial charge in [-0.25, -0.2) is 4.98 Å². The first-order chi connectivity index (χ1) is 21.8. The van der Waals surface area contributed by atoms with Crippen LogP contribution in [0.1, 0.15) is 109 Å². The van der Waals surface area contributed by atoms with Gasteiger partial charge in [-0.1, -0.05) is 59.8 Å². The number of aromatic nitrogens is 2. The highest BCUT2D eigenvalue weighted by Crippen LogP contribution is 2.43. The molecule has 3 N–H and O–H groups in total. The van der Waals surface area contributed by atoms with Crippen molar-refractivity contribution in [2.24, 2.45) is 23.2 Å². The summed E-state index contributed by atoms with van der Waals surface area (Å²) >= 11 is 0. The zero-order valence-corrected chi connectivity index (χ0v) is 27.8. The zero-order chi connectivity index (χ0) is 33.6. The molecule has 1 aliphatic heterocycles. The molecule has 12 heteroatoms. The van der Waals surface area contributed by atoms with E-state index in [1.165, 1.54) is 25.5 Å². The molecule has 1 saturated heterocycles. The Balaban J connectivity index is 1.58. The number of carbonyl (C=O) groups excluding carboxylic acids is 6. The lowest BCUT2D eigenvalue weighted by molar-refractivity contribution is -0.146. The Labute approximate surface area is 271 Å². The summed E-state index contributed by atoms with van der Waals surface area (Å²) in [4.78, 5) is 89.7. The maximum Gasteiger partial charge on any atom is 0.272 e. The van der Waals surface area contributed by atoms with Crippen LogP contribution in [0.2, 0.25) is 0 Å². The Hall–Kier alpha value is -3.70. The van der Waals surface area contributed by atoms with E-state index in [0.717, 1.165) is 51.4 Å². The molecular formula is C34H50N6O6.